The quantitative estimate of drug-likeness (QED) is 0.888. The zero-order valence-corrected chi connectivity index (χ0v) is 8.73. The number of nitrogens with zero attached hydrogens (tertiary/aromatic N) is 2. The topological polar surface area (TPSA) is 54.6 Å². The van der Waals surface area contributed by atoms with Crippen molar-refractivity contribution in [1.29, 1.82) is 0 Å². The highest BCUT2D eigenvalue weighted by molar-refractivity contribution is 9.10. The highest BCUT2D eigenvalue weighted by Gasteiger charge is 2.08. The van der Waals surface area contributed by atoms with E-state index in [1.54, 1.807) is 16.8 Å². The lowest BCUT2D eigenvalue weighted by Crippen LogP contribution is -2.02. The molecule has 0 amide bonds. The Labute approximate surface area is 88.3 Å². The third kappa shape index (κ3) is 1.50. The summed E-state index contributed by atoms with van der Waals surface area (Å²) in [5.74, 6) is -0.855. The fraction of sp³-hybridized carbons (Fsp3) is 0.111. The van der Waals surface area contributed by atoms with Gasteiger partial charge < -0.3 is 9.51 Å². The van der Waals surface area contributed by atoms with Gasteiger partial charge in [0.15, 0.2) is 5.65 Å². The molecule has 0 aliphatic rings. The molecule has 0 saturated heterocycles. The molecule has 14 heavy (non-hydrogen) atoms. The van der Waals surface area contributed by atoms with Crippen LogP contribution in [0.2, 0.25) is 0 Å². The van der Waals surface area contributed by atoms with Gasteiger partial charge >= 0.3 is 5.97 Å². The summed E-state index contributed by atoms with van der Waals surface area (Å²) in [6.07, 6.45) is 3.36. The number of hydrogen-bond acceptors (Lipinski definition) is 2. The molecule has 2 aromatic heterocycles. The molecule has 0 fully saturated rings. The van der Waals surface area contributed by atoms with Crippen LogP contribution in [-0.2, 0) is 11.2 Å². The Bertz CT molecular complexity index is 493. The maximum atomic E-state index is 10.5. The molecule has 2 rings (SSSR count). The molecule has 0 atom stereocenters. The van der Waals surface area contributed by atoms with Crippen LogP contribution in [0.15, 0.2) is 29.0 Å². The molecule has 0 saturated carbocycles. The summed E-state index contributed by atoms with van der Waals surface area (Å²) < 4.78 is 2.62. The van der Waals surface area contributed by atoms with E-state index in [1.165, 1.54) is 0 Å². The van der Waals surface area contributed by atoms with Gasteiger partial charge in [-0.3, -0.25) is 4.79 Å². The van der Waals surface area contributed by atoms with Gasteiger partial charge in [0, 0.05) is 12.4 Å². The predicted octanol–water partition coefficient (Wildman–Crippen LogP) is 1.72. The Morgan fingerprint density at radius 2 is 2.43 bits per heavy atom. The predicted molar refractivity (Wildman–Crippen MR) is 54.2 cm³/mol. The van der Waals surface area contributed by atoms with Crippen molar-refractivity contribution in [1.82, 2.24) is 9.38 Å². The first-order valence-electron chi connectivity index (χ1n) is 4.01. The van der Waals surface area contributed by atoms with Crippen molar-refractivity contribution in [3.63, 3.8) is 0 Å². The average molecular weight is 255 g/mol. The van der Waals surface area contributed by atoms with Crippen molar-refractivity contribution in [3.05, 3.63) is 34.7 Å². The Kier molecular flexibility index (Phi) is 2.25. The molecular formula is C9H7BrN2O2. The van der Waals surface area contributed by atoms with Gasteiger partial charge in [-0.05, 0) is 28.1 Å². The van der Waals surface area contributed by atoms with Gasteiger partial charge in [0.2, 0.25) is 0 Å². The van der Waals surface area contributed by atoms with Crippen LogP contribution < -0.4 is 0 Å². The van der Waals surface area contributed by atoms with Crippen LogP contribution in [0.3, 0.4) is 0 Å². The van der Waals surface area contributed by atoms with Gasteiger partial charge in [-0.15, -0.1) is 0 Å². The van der Waals surface area contributed by atoms with E-state index < -0.39 is 5.97 Å². The molecule has 5 heteroatoms. The van der Waals surface area contributed by atoms with Crippen LogP contribution in [-0.4, -0.2) is 20.5 Å². The summed E-state index contributed by atoms with van der Waals surface area (Å²) in [5, 5.41) is 8.66. The molecule has 0 unspecified atom stereocenters. The highest BCUT2D eigenvalue weighted by Crippen LogP contribution is 2.17. The first-order valence-corrected chi connectivity index (χ1v) is 4.80. The van der Waals surface area contributed by atoms with Crippen LogP contribution in [0, 0.1) is 0 Å². The first kappa shape index (κ1) is 9.21. The number of aromatic nitrogens is 2. The second-order valence-corrected chi connectivity index (χ2v) is 3.72. The molecule has 1 N–H and O–H groups in total. The fourth-order valence-electron chi connectivity index (χ4n) is 1.31. The molecule has 0 radical (unpaired) electrons. The normalized spacial score (nSPS) is 10.6. The number of carbonyl (C=O) groups is 1. The maximum absolute atomic E-state index is 10.5. The van der Waals surface area contributed by atoms with Gasteiger partial charge in [0.25, 0.3) is 0 Å². The van der Waals surface area contributed by atoms with Crippen LogP contribution >= 0.6 is 15.9 Å². The van der Waals surface area contributed by atoms with E-state index in [4.69, 9.17) is 5.11 Å². The van der Waals surface area contributed by atoms with Crippen LogP contribution in [0.1, 0.15) is 5.69 Å². The first-order chi connectivity index (χ1) is 6.68. The van der Waals surface area contributed by atoms with E-state index >= 15 is 0 Å². The van der Waals surface area contributed by atoms with Crippen molar-refractivity contribution in [2.75, 3.05) is 0 Å². The van der Waals surface area contributed by atoms with Crippen molar-refractivity contribution in [2.24, 2.45) is 0 Å². The molecule has 72 valence electrons. The van der Waals surface area contributed by atoms with E-state index in [9.17, 15) is 4.79 Å². The van der Waals surface area contributed by atoms with Crippen molar-refractivity contribution in [3.8, 4) is 0 Å². The molecule has 0 aliphatic carbocycles. The van der Waals surface area contributed by atoms with Crippen molar-refractivity contribution < 1.29 is 9.90 Å². The number of imidazole rings is 1. The Morgan fingerprint density at radius 3 is 3.14 bits per heavy atom. The zero-order valence-electron chi connectivity index (χ0n) is 7.14. The van der Waals surface area contributed by atoms with E-state index in [-0.39, 0.29) is 6.42 Å². The van der Waals surface area contributed by atoms with Crippen LogP contribution in [0.4, 0.5) is 0 Å². The van der Waals surface area contributed by atoms with Gasteiger partial charge in [-0.1, -0.05) is 0 Å². The number of carboxylic acid groups (broad SMARTS) is 1. The van der Waals surface area contributed by atoms with Crippen LogP contribution in [0.25, 0.3) is 5.65 Å². The summed E-state index contributed by atoms with van der Waals surface area (Å²) in [5.41, 5.74) is 1.41. The van der Waals surface area contributed by atoms with E-state index in [0.29, 0.717) is 5.69 Å². The molecule has 4 nitrogen and oxygen atoms in total. The fourth-order valence-corrected chi connectivity index (χ4v) is 1.76. The molecule has 0 spiro atoms. The monoisotopic (exact) mass is 254 g/mol. The Balaban J connectivity index is 2.58. The minimum atomic E-state index is -0.855. The summed E-state index contributed by atoms with van der Waals surface area (Å²) in [4.78, 5) is 14.7. The third-order valence-corrected chi connectivity index (χ3v) is 2.52. The Morgan fingerprint density at radius 1 is 1.64 bits per heavy atom. The number of halogens is 1. The Hall–Kier alpha value is -1.36. The second kappa shape index (κ2) is 3.42. The van der Waals surface area contributed by atoms with E-state index in [2.05, 4.69) is 20.9 Å². The highest BCUT2D eigenvalue weighted by atomic mass is 79.9. The van der Waals surface area contributed by atoms with Gasteiger partial charge in [0.1, 0.15) is 0 Å². The lowest BCUT2D eigenvalue weighted by molar-refractivity contribution is -0.136. The number of hydrogen-bond donors (Lipinski definition) is 1. The lowest BCUT2D eigenvalue weighted by atomic mass is 10.3. The number of pyridine rings is 1. The van der Waals surface area contributed by atoms with E-state index in [0.717, 1.165) is 10.1 Å². The molecule has 0 bridgehead atoms. The van der Waals surface area contributed by atoms with Crippen molar-refractivity contribution >= 4 is 27.5 Å². The zero-order chi connectivity index (χ0) is 10.1. The SMILES string of the molecule is O=C(O)Cc1cnc2c(Br)cccn12. The standard InChI is InChI=1S/C9H7BrN2O2/c10-7-2-1-3-12-6(4-8(13)14)5-11-9(7)12/h1-3,5H,4H2,(H,13,14). The summed E-state index contributed by atoms with van der Waals surface area (Å²) >= 11 is 3.35. The molecule has 0 aliphatic heterocycles. The number of rotatable bonds is 2. The maximum Gasteiger partial charge on any atom is 0.309 e. The van der Waals surface area contributed by atoms with Gasteiger partial charge in [0.05, 0.1) is 16.6 Å². The molecule has 2 aromatic rings. The second-order valence-electron chi connectivity index (χ2n) is 2.87. The minimum Gasteiger partial charge on any atom is -0.481 e. The lowest BCUT2D eigenvalue weighted by Gasteiger charge is -1.98. The summed E-state index contributed by atoms with van der Waals surface area (Å²) in [7, 11) is 0. The van der Waals surface area contributed by atoms with Gasteiger partial charge in [-0.2, -0.15) is 0 Å². The number of aliphatic carboxylic acids is 1. The summed E-state index contributed by atoms with van der Waals surface area (Å²) in [6.45, 7) is 0. The third-order valence-electron chi connectivity index (χ3n) is 1.90. The minimum absolute atomic E-state index is 0.0163. The van der Waals surface area contributed by atoms with Crippen LogP contribution in [0.5, 0.6) is 0 Å². The van der Waals surface area contributed by atoms with Gasteiger partial charge in [-0.25, -0.2) is 4.98 Å². The number of carboxylic acids is 1. The van der Waals surface area contributed by atoms with E-state index in [1.807, 2.05) is 12.1 Å². The number of fused-ring (bicyclic) bond motifs is 1. The largest absolute Gasteiger partial charge is 0.481 e. The smallest absolute Gasteiger partial charge is 0.309 e. The molecule has 2 heterocycles. The molecule has 0 aromatic carbocycles. The summed E-state index contributed by atoms with van der Waals surface area (Å²) in [6, 6.07) is 3.71. The molecular weight excluding hydrogens is 248 g/mol. The average Bonchev–Trinajstić information content (AvgIpc) is 2.49. The van der Waals surface area contributed by atoms with Crippen molar-refractivity contribution in [2.45, 2.75) is 6.42 Å².